The summed E-state index contributed by atoms with van der Waals surface area (Å²) in [7, 11) is 3.46. The number of nitrogens with one attached hydrogen (secondary N) is 2. The maximum atomic E-state index is 13.5. The van der Waals surface area contributed by atoms with Gasteiger partial charge in [0.1, 0.15) is 12.6 Å². The number of anilines is 1. The van der Waals surface area contributed by atoms with E-state index in [4.69, 9.17) is 11.6 Å². The predicted octanol–water partition coefficient (Wildman–Crippen LogP) is 3.91. The molecule has 0 aliphatic carbocycles. The number of nitrogens with zero attached hydrogens (tertiary/aromatic N) is 5. The third kappa shape index (κ3) is 6.24. The largest absolute Gasteiger partial charge is 0.358 e. The molecule has 12 heteroatoms. The first kappa shape index (κ1) is 31.0. The Morgan fingerprint density at radius 1 is 1.05 bits per heavy atom. The first-order chi connectivity index (χ1) is 21.1. The number of likely N-dealkylation sites (N-methyl/N-ethyl adjacent to an activating group) is 2. The number of rotatable bonds is 9. The van der Waals surface area contributed by atoms with Gasteiger partial charge in [-0.1, -0.05) is 18.5 Å². The van der Waals surface area contributed by atoms with Gasteiger partial charge < -0.3 is 20.1 Å². The summed E-state index contributed by atoms with van der Waals surface area (Å²) in [5.74, 6) is -0.560. The number of aromatic nitrogens is 3. The average molecular weight is 618 g/mol. The van der Waals surface area contributed by atoms with Crippen LogP contribution in [-0.4, -0.2) is 87.4 Å². The Labute approximate surface area is 260 Å². The van der Waals surface area contributed by atoms with Crippen LogP contribution in [0.4, 0.5) is 5.69 Å². The van der Waals surface area contributed by atoms with Gasteiger partial charge in [0.15, 0.2) is 5.78 Å². The number of amides is 3. The molecule has 44 heavy (non-hydrogen) atoms. The number of fused-ring (bicyclic) bond motifs is 1. The van der Waals surface area contributed by atoms with Crippen molar-refractivity contribution in [3.63, 3.8) is 0 Å². The van der Waals surface area contributed by atoms with Gasteiger partial charge in [-0.3, -0.25) is 24.1 Å². The Morgan fingerprint density at radius 3 is 2.50 bits per heavy atom. The van der Waals surface area contributed by atoms with Crippen molar-refractivity contribution >= 4 is 51.7 Å². The van der Waals surface area contributed by atoms with Crippen LogP contribution in [0, 0.1) is 6.92 Å². The molecule has 2 aromatic carbocycles. The van der Waals surface area contributed by atoms with Crippen LogP contribution in [0.1, 0.15) is 46.2 Å². The van der Waals surface area contributed by atoms with Crippen LogP contribution in [0.25, 0.3) is 16.6 Å². The van der Waals surface area contributed by atoms with E-state index in [-0.39, 0.29) is 36.6 Å². The Balaban J connectivity index is 1.34. The average Bonchev–Trinajstić information content (AvgIpc) is 3.57. The summed E-state index contributed by atoms with van der Waals surface area (Å²) >= 11 is 6.30. The summed E-state index contributed by atoms with van der Waals surface area (Å²) in [5.41, 5.74) is 3.78. The quantitative estimate of drug-likeness (QED) is 0.275. The van der Waals surface area contributed by atoms with E-state index in [9.17, 15) is 19.2 Å². The topological polar surface area (TPSA) is 122 Å². The van der Waals surface area contributed by atoms with Crippen LogP contribution in [0.2, 0.25) is 5.02 Å². The highest BCUT2D eigenvalue weighted by Gasteiger charge is 2.32. The van der Waals surface area contributed by atoms with Gasteiger partial charge >= 0.3 is 0 Å². The highest BCUT2D eigenvalue weighted by molar-refractivity contribution is 6.31. The fourth-order valence-corrected chi connectivity index (χ4v) is 5.74. The summed E-state index contributed by atoms with van der Waals surface area (Å²) in [5, 5.41) is 11.1. The molecular formula is C32H36ClN7O4. The molecule has 230 valence electrons. The molecule has 1 atom stereocenters. The van der Waals surface area contributed by atoms with Crippen LogP contribution < -0.4 is 10.6 Å². The predicted molar refractivity (Wildman–Crippen MR) is 170 cm³/mol. The lowest BCUT2D eigenvalue weighted by Crippen LogP contribution is -2.58. The molecule has 1 saturated heterocycles. The van der Waals surface area contributed by atoms with Crippen molar-refractivity contribution < 1.29 is 19.2 Å². The molecule has 0 radical (unpaired) electrons. The molecule has 4 aromatic rings. The van der Waals surface area contributed by atoms with Gasteiger partial charge in [-0.2, -0.15) is 5.10 Å². The van der Waals surface area contributed by atoms with Gasteiger partial charge in [0.25, 0.3) is 5.91 Å². The number of carbonyl (C=O) groups is 4. The fraction of sp³-hybridized carbons (Fsp3) is 0.344. The van der Waals surface area contributed by atoms with E-state index in [2.05, 4.69) is 15.7 Å². The first-order valence-electron chi connectivity index (χ1n) is 14.6. The molecule has 0 saturated carbocycles. The molecule has 11 nitrogen and oxygen atoms in total. The minimum Gasteiger partial charge on any atom is -0.358 e. The van der Waals surface area contributed by atoms with Gasteiger partial charge in [-0.25, -0.2) is 4.68 Å². The second-order valence-electron chi connectivity index (χ2n) is 11.0. The Kier molecular flexibility index (Phi) is 9.17. The summed E-state index contributed by atoms with van der Waals surface area (Å²) < 4.78 is 3.45. The Bertz CT molecular complexity index is 1730. The van der Waals surface area contributed by atoms with Gasteiger partial charge in [0.2, 0.25) is 11.8 Å². The molecule has 3 heterocycles. The van der Waals surface area contributed by atoms with E-state index in [0.29, 0.717) is 52.3 Å². The van der Waals surface area contributed by atoms with E-state index in [1.807, 2.05) is 37.9 Å². The molecule has 0 bridgehead atoms. The van der Waals surface area contributed by atoms with Crippen LogP contribution in [0.3, 0.4) is 0 Å². The number of halogens is 1. The van der Waals surface area contributed by atoms with Crippen LogP contribution in [0.15, 0.2) is 54.9 Å². The third-order valence-electron chi connectivity index (χ3n) is 8.10. The molecule has 1 aliphatic rings. The third-order valence-corrected chi connectivity index (χ3v) is 8.34. The number of hydrogen-bond acceptors (Lipinski definition) is 6. The molecule has 2 aromatic heterocycles. The van der Waals surface area contributed by atoms with E-state index < -0.39 is 6.04 Å². The first-order valence-corrected chi connectivity index (χ1v) is 15.0. The number of benzene rings is 2. The van der Waals surface area contributed by atoms with Gasteiger partial charge in [0.05, 0.1) is 28.7 Å². The van der Waals surface area contributed by atoms with Gasteiger partial charge in [-0.15, -0.1) is 0 Å². The molecule has 1 aliphatic heterocycles. The number of piperazine rings is 1. The molecule has 2 N–H and O–H groups in total. The molecule has 5 rings (SSSR count). The summed E-state index contributed by atoms with van der Waals surface area (Å²) in [6.07, 6.45) is 4.51. The zero-order valence-electron chi connectivity index (χ0n) is 25.3. The summed E-state index contributed by atoms with van der Waals surface area (Å²) in [6.45, 7) is 5.22. The van der Waals surface area contributed by atoms with Crippen LogP contribution >= 0.6 is 11.6 Å². The molecular weight excluding hydrogens is 582 g/mol. The number of Topliss-reactive ketones (excluding diaryl/α,β-unsaturated/α-hetero) is 1. The lowest BCUT2D eigenvalue weighted by atomic mass is 10.1. The molecule has 1 fully saturated rings. The standard InChI is InChI=1S/C32H36ClN7O4/c1-5-6-29(41)25-16-35-40(20(25)2)23-10-8-22(9-11-23)36-31(43)26-17-39(27-12-7-21(33)15-24(26)27)19-30(42)38-14-13-37(4)28(18-38)32(44)34-3/h7-12,15-17,28H,5-6,13-14,18-19H2,1-4H3,(H,34,44)(H,36,43). The van der Waals surface area contributed by atoms with Crippen molar-refractivity contribution in [1.82, 2.24) is 29.5 Å². The second-order valence-corrected chi connectivity index (χ2v) is 11.4. The highest BCUT2D eigenvalue weighted by atomic mass is 35.5. The van der Waals surface area contributed by atoms with E-state index in [1.165, 1.54) is 0 Å². The lowest BCUT2D eigenvalue weighted by molar-refractivity contribution is -0.137. The zero-order chi connectivity index (χ0) is 31.5. The molecule has 3 amide bonds. The number of hydrogen-bond donors (Lipinski definition) is 2. The second kappa shape index (κ2) is 13.0. The van der Waals surface area contributed by atoms with Crippen molar-refractivity contribution in [3.8, 4) is 5.69 Å². The van der Waals surface area contributed by atoms with Crippen LogP contribution in [0.5, 0.6) is 0 Å². The minimum atomic E-state index is -0.423. The normalized spacial score (nSPS) is 15.4. The molecule has 0 spiro atoms. The maximum Gasteiger partial charge on any atom is 0.257 e. The molecule has 1 unspecified atom stereocenters. The smallest absolute Gasteiger partial charge is 0.257 e. The Morgan fingerprint density at radius 2 is 1.80 bits per heavy atom. The fourth-order valence-electron chi connectivity index (χ4n) is 5.57. The van der Waals surface area contributed by atoms with Crippen molar-refractivity contribution in [1.29, 1.82) is 0 Å². The summed E-state index contributed by atoms with van der Waals surface area (Å²) in [6, 6.07) is 12.0. The van der Waals surface area contributed by atoms with E-state index in [0.717, 1.165) is 17.8 Å². The van der Waals surface area contributed by atoms with Crippen LogP contribution in [-0.2, 0) is 16.1 Å². The SMILES string of the molecule is CCCC(=O)c1cnn(-c2ccc(NC(=O)c3cn(CC(=O)N4CCN(C)C(C(=O)NC)C4)c4ccc(Cl)cc34)cc2)c1C. The summed E-state index contributed by atoms with van der Waals surface area (Å²) in [4.78, 5) is 55.2. The van der Waals surface area contributed by atoms with Gasteiger partial charge in [0, 0.05) is 60.9 Å². The van der Waals surface area contributed by atoms with Crippen molar-refractivity contribution in [2.75, 3.05) is 39.0 Å². The minimum absolute atomic E-state index is 0.0102. The number of carbonyl (C=O) groups excluding carboxylic acids is 4. The highest BCUT2D eigenvalue weighted by Crippen LogP contribution is 2.27. The van der Waals surface area contributed by atoms with Crippen molar-refractivity contribution in [2.45, 2.75) is 39.3 Å². The monoisotopic (exact) mass is 617 g/mol. The van der Waals surface area contributed by atoms with E-state index >= 15 is 0 Å². The van der Waals surface area contributed by atoms with Gasteiger partial charge in [-0.05, 0) is 62.9 Å². The maximum absolute atomic E-state index is 13.5. The lowest BCUT2D eigenvalue weighted by Gasteiger charge is -2.38. The Hall–Kier alpha value is -4.48. The number of ketones is 1. The van der Waals surface area contributed by atoms with Crippen molar-refractivity contribution in [2.24, 2.45) is 0 Å². The zero-order valence-corrected chi connectivity index (χ0v) is 26.0. The van der Waals surface area contributed by atoms with Crippen molar-refractivity contribution in [3.05, 3.63) is 76.7 Å². The van der Waals surface area contributed by atoms with E-state index in [1.54, 1.807) is 63.9 Å².